The van der Waals surface area contributed by atoms with Crippen molar-refractivity contribution in [2.75, 3.05) is 10.6 Å². The number of halogens is 3. The van der Waals surface area contributed by atoms with Gasteiger partial charge in [-0.05, 0) is 66.2 Å². The van der Waals surface area contributed by atoms with E-state index in [0.29, 0.717) is 27.0 Å². The van der Waals surface area contributed by atoms with Crippen LogP contribution in [-0.2, 0) is 4.79 Å². The van der Waals surface area contributed by atoms with E-state index in [1.54, 1.807) is 36.4 Å². The summed E-state index contributed by atoms with van der Waals surface area (Å²) in [7, 11) is 0. The lowest BCUT2D eigenvalue weighted by molar-refractivity contribution is -0.115. The molecule has 4 aromatic rings. The number of hydrogen-bond donors (Lipinski definition) is 2. The van der Waals surface area contributed by atoms with Gasteiger partial charge in [0.05, 0.1) is 10.7 Å². The van der Waals surface area contributed by atoms with Crippen LogP contribution in [0.4, 0.5) is 15.8 Å². The first-order chi connectivity index (χ1) is 16.9. The molecule has 0 saturated carbocycles. The van der Waals surface area contributed by atoms with E-state index in [1.165, 1.54) is 36.0 Å². The van der Waals surface area contributed by atoms with Crippen LogP contribution in [0.15, 0.2) is 102 Å². The molecule has 4 rings (SSSR count). The van der Waals surface area contributed by atoms with Crippen molar-refractivity contribution in [3.63, 3.8) is 0 Å². The molecule has 0 aliphatic heterocycles. The average molecular weight is 525 g/mol. The molecule has 2 N–H and O–H groups in total. The molecule has 0 aliphatic carbocycles. The maximum Gasteiger partial charge on any atom is 0.255 e. The summed E-state index contributed by atoms with van der Waals surface area (Å²) in [6.07, 6.45) is 0. The van der Waals surface area contributed by atoms with E-state index in [2.05, 4.69) is 10.6 Å². The maximum absolute atomic E-state index is 13.3. The Morgan fingerprint density at radius 1 is 0.800 bits per heavy atom. The van der Waals surface area contributed by atoms with Gasteiger partial charge in [-0.3, -0.25) is 9.59 Å². The van der Waals surface area contributed by atoms with Gasteiger partial charge in [0.2, 0.25) is 5.91 Å². The Labute approximate surface area is 216 Å². The highest BCUT2D eigenvalue weighted by Crippen LogP contribution is 2.38. The van der Waals surface area contributed by atoms with Crippen LogP contribution in [0.1, 0.15) is 21.2 Å². The van der Waals surface area contributed by atoms with Crippen LogP contribution in [0, 0.1) is 5.82 Å². The highest BCUT2D eigenvalue weighted by molar-refractivity contribution is 8.00. The Balaban J connectivity index is 1.55. The summed E-state index contributed by atoms with van der Waals surface area (Å²) in [4.78, 5) is 26.6. The Morgan fingerprint density at radius 3 is 2.26 bits per heavy atom. The third-order valence-electron chi connectivity index (χ3n) is 4.98. The molecule has 0 bridgehead atoms. The molecule has 0 fully saturated rings. The van der Waals surface area contributed by atoms with E-state index < -0.39 is 11.1 Å². The first-order valence-corrected chi connectivity index (χ1v) is 12.2. The number of hydrogen-bond acceptors (Lipinski definition) is 3. The van der Waals surface area contributed by atoms with Crippen molar-refractivity contribution in [1.82, 2.24) is 0 Å². The first-order valence-electron chi connectivity index (χ1n) is 10.5. The second kappa shape index (κ2) is 11.4. The SMILES string of the molecule is O=C(Nc1cccc(SC(C(=O)Nc2ccc(Cl)cc2Cl)c2ccccc2)c1)c1ccc(F)cc1. The molecule has 0 spiro atoms. The molecule has 0 heterocycles. The van der Waals surface area contributed by atoms with Gasteiger partial charge in [0.15, 0.2) is 0 Å². The summed E-state index contributed by atoms with van der Waals surface area (Å²) in [5.41, 5.74) is 2.16. The number of carbonyl (C=O) groups excluding carboxylic acids is 2. The third kappa shape index (κ3) is 6.63. The van der Waals surface area contributed by atoms with Crippen LogP contribution in [0.25, 0.3) is 0 Å². The normalized spacial score (nSPS) is 11.5. The highest BCUT2D eigenvalue weighted by Gasteiger charge is 2.23. The molecular weight excluding hydrogens is 506 g/mol. The lowest BCUT2D eigenvalue weighted by Gasteiger charge is -2.18. The summed E-state index contributed by atoms with van der Waals surface area (Å²) in [6.45, 7) is 0. The highest BCUT2D eigenvalue weighted by atomic mass is 35.5. The Hall–Kier alpha value is -3.32. The fourth-order valence-corrected chi connectivity index (χ4v) is 4.82. The Kier molecular flexibility index (Phi) is 8.08. The van der Waals surface area contributed by atoms with E-state index in [0.717, 1.165) is 10.5 Å². The first kappa shape index (κ1) is 24.8. The molecular formula is C27H19Cl2FN2O2S. The number of anilines is 2. The van der Waals surface area contributed by atoms with E-state index in [9.17, 15) is 14.0 Å². The van der Waals surface area contributed by atoms with Gasteiger partial charge in [-0.25, -0.2) is 4.39 Å². The van der Waals surface area contributed by atoms with Gasteiger partial charge < -0.3 is 10.6 Å². The number of nitrogens with one attached hydrogen (secondary N) is 2. The van der Waals surface area contributed by atoms with Gasteiger partial charge in [-0.2, -0.15) is 0 Å². The van der Waals surface area contributed by atoms with E-state index in [-0.39, 0.29) is 11.8 Å². The third-order valence-corrected chi connectivity index (χ3v) is 6.78. The van der Waals surface area contributed by atoms with Crippen molar-refractivity contribution in [3.8, 4) is 0 Å². The second-order valence-corrected chi connectivity index (χ2v) is 9.53. The minimum atomic E-state index is -0.592. The van der Waals surface area contributed by atoms with Crippen LogP contribution in [0.2, 0.25) is 10.0 Å². The topological polar surface area (TPSA) is 58.2 Å². The molecule has 1 unspecified atom stereocenters. The molecule has 0 saturated heterocycles. The van der Waals surface area contributed by atoms with Gasteiger partial charge >= 0.3 is 0 Å². The van der Waals surface area contributed by atoms with Gasteiger partial charge in [0, 0.05) is 21.2 Å². The minimum absolute atomic E-state index is 0.258. The quantitative estimate of drug-likeness (QED) is 0.242. The number of benzene rings is 4. The smallest absolute Gasteiger partial charge is 0.255 e. The van der Waals surface area contributed by atoms with E-state index >= 15 is 0 Å². The predicted octanol–water partition coefficient (Wildman–Crippen LogP) is 7.86. The van der Waals surface area contributed by atoms with Crippen molar-refractivity contribution in [1.29, 1.82) is 0 Å². The summed E-state index contributed by atoms with van der Waals surface area (Å²) < 4.78 is 13.2. The standard InChI is InChI=1S/C27H19Cl2FN2O2S/c28-19-11-14-24(23(29)15-19)32-27(34)25(17-5-2-1-3-6-17)35-22-8-4-7-21(16-22)31-26(33)18-9-12-20(30)13-10-18/h1-16,25H,(H,31,33)(H,32,34). The lowest BCUT2D eigenvalue weighted by Crippen LogP contribution is -2.19. The predicted molar refractivity (Wildman–Crippen MR) is 141 cm³/mol. The van der Waals surface area contributed by atoms with Gasteiger partial charge in [-0.15, -0.1) is 11.8 Å². The molecule has 1 atom stereocenters. The zero-order valence-corrected chi connectivity index (χ0v) is 20.5. The lowest BCUT2D eigenvalue weighted by atomic mass is 10.1. The van der Waals surface area contributed by atoms with Crippen molar-refractivity contribution in [3.05, 3.63) is 124 Å². The Bertz CT molecular complexity index is 1350. The van der Waals surface area contributed by atoms with Crippen molar-refractivity contribution in [2.45, 2.75) is 10.1 Å². The minimum Gasteiger partial charge on any atom is -0.323 e. The van der Waals surface area contributed by atoms with E-state index in [4.69, 9.17) is 23.2 Å². The molecule has 176 valence electrons. The van der Waals surface area contributed by atoms with Crippen molar-refractivity contribution < 1.29 is 14.0 Å². The Morgan fingerprint density at radius 2 is 1.54 bits per heavy atom. The zero-order chi connectivity index (χ0) is 24.8. The molecule has 0 aromatic heterocycles. The largest absolute Gasteiger partial charge is 0.323 e. The van der Waals surface area contributed by atoms with Crippen LogP contribution >= 0.6 is 35.0 Å². The molecule has 2 amide bonds. The summed E-state index contributed by atoms with van der Waals surface area (Å²) in [5.74, 6) is -1.03. The molecule has 35 heavy (non-hydrogen) atoms. The monoisotopic (exact) mass is 524 g/mol. The van der Waals surface area contributed by atoms with Crippen LogP contribution in [-0.4, -0.2) is 11.8 Å². The number of carbonyl (C=O) groups is 2. The van der Waals surface area contributed by atoms with Crippen molar-refractivity contribution in [2.24, 2.45) is 0 Å². The average Bonchev–Trinajstić information content (AvgIpc) is 2.85. The fourth-order valence-electron chi connectivity index (χ4n) is 3.28. The van der Waals surface area contributed by atoms with Crippen LogP contribution in [0.3, 0.4) is 0 Å². The van der Waals surface area contributed by atoms with Gasteiger partial charge in [-0.1, -0.05) is 59.6 Å². The number of amides is 2. The van der Waals surface area contributed by atoms with Crippen LogP contribution < -0.4 is 10.6 Å². The summed E-state index contributed by atoms with van der Waals surface area (Å²) >= 11 is 13.5. The zero-order valence-electron chi connectivity index (χ0n) is 18.2. The van der Waals surface area contributed by atoms with Gasteiger partial charge in [0.25, 0.3) is 5.91 Å². The molecule has 0 aliphatic rings. The second-order valence-electron chi connectivity index (χ2n) is 7.51. The number of rotatable bonds is 7. The molecule has 0 radical (unpaired) electrons. The number of thioether (sulfide) groups is 1. The van der Waals surface area contributed by atoms with Crippen LogP contribution in [0.5, 0.6) is 0 Å². The van der Waals surface area contributed by atoms with Crippen molar-refractivity contribution >= 4 is 58.2 Å². The fraction of sp³-hybridized carbons (Fsp3) is 0.0370. The molecule has 4 nitrogen and oxygen atoms in total. The molecule has 4 aromatic carbocycles. The summed E-state index contributed by atoms with van der Waals surface area (Å²) in [6, 6.07) is 26.7. The summed E-state index contributed by atoms with van der Waals surface area (Å²) in [5, 5.41) is 5.91. The maximum atomic E-state index is 13.3. The molecule has 8 heteroatoms. The van der Waals surface area contributed by atoms with Gasteiger partial charge in [0.1, 0.15) is 11.1 Å². The van der Waals surface area contributed by atoms with E-state index in [1.807, 2.05) is 36.4 Å².